The molecule has 0 radical (unpaired) electrons. The van der Waals surface area contributed by atoms with Crippen LogP contribution in [0.4, 0.5) is 0 Å². The van der Waals surface area contributed by atoms with E-state index >= 15 is 0 Å². The van der Waals surface area contributed by atoms with E-state index in [4.69, 9.17) is 4.74 Å². The van der Waals surface area contributed by atoms with Gasteiger partial charge < -0.3 is 9.72 Å². The van der Waals surface area contributed by atoms with Crippen molar-refractivity contribution >= 4 is 0 Å². The fraction of sp³-hybridized carbons (Fsp3) is 0.375. The summed E-state index contributed by atoms with van der Waals surface area (Å²) in [5.74, 6) is 1.81. The van der Waals surface area contributed by atoms with E-state index in [1.807, 2.05) is 18.2 Å². The molecular formula is C16H18N2O2. The minimum atomic E-state index is -0.0719. The topological polar surface area (TPSA) is 55.0 Å². The molecule has 1 unspecified atom stereocenters. The quantitative estimate of drug-likeness (QED) is 0.932. The molecule has 1 N–H and O–H groups in total. The number of aryl methyl sites for hydroxylation is 1. The van der Waals surface area contributed by atoms with E-state index in [-0.39, 0.29) is 11.5 Å². The number of aromatic amines is 1. The number of fused-ring (bicyclic) bond motifs is 1. The minimum Gasteiger partial charge on any atom is -0.493 e. The minimum absolute atomic E-state index is 0.0719. The Labute approximate surface area is 117 Å². The van der Waals surface area contributed by atoms with Crippen LogP contribution in [0.25, 0.3) is 0 Å². The van der Waals surface area contributed by atoms with Crippen molar-refractivity contribution in [2.45, 2.75) is 32.1 Å². The lowest BCUT2D eigenvalue weighted by atomic mass is 9.96. The summed E-state index contributed by atoms with van der Waals surface area (Å²) < 4.78 is 5.77. The lowest BCUT2D eigenvalue weighted by Crippen LogP contribution is -2.24. The third-order valence-corrected chi connectivity index (χ3v) is 3.58. The van der Waals surface area contributed by atoms with Crippen LogP contribution in [0.5, 0.6) is 5.75 Å². The van der Waals surface area contributed by atoms with Crippen molar-refractivity contribution in [3.05, 3.63) is 57.8 Å². The molecule has 0 aliphatic carbocycles. The maximum atomic E-state index is 11.7. The normalized spacial score (nSPS) is 17.4. The Bertz CT molecular complexity index is 664. The number of nitrogens with zero attached hydrogens (tertiary/aromatic N) is 1. The number of nitrogens with one attached hydrogen (secondary N) is 1. The molecular weight excluding hydrogens is 252 g/mol. The molecule has 1 aromatic carbocycles. The van der Waals surface area contributed by atoms with Crippen molar-refractivity contribution in [2.75, 3.05) is 6.61 Å². The molecule has 4 nitrogen and oxygen atoms in total. The molecule has 1 aliphatic rings. The van der Waals surface area contributed by atoms with E-state index in [9.17, 15) is 4.79 Å². The van der Waals surface area contributed by atoms with Crippen LogP contribution in [0, 0.1) is 0 Å². The predicted molar refractivity (Wildman–Crippen MR) is 77.2 cm³/mol. The van der Waals surface area contributed by atoms with E-state index < -0.39 is 0 Å². The third kappa shape index (κ3) is 2.59. The fourth-order valence-corrected chi connectivity index (χ4v) is 2.61. The Morgan fingerprint density at radius 3 is 3.10 bits per heavy atom. The van der Waals surface area contributed by atoms with Crippen LogP contribution < -0.4 is 10.3 Å². The molecule has 2 heterocycles. The lowest BCUT2D eigenvalue weighted by Gasteiger charge is -2.24. The van der Waals surface area contributed by atoms with Crippen LogP contribution in [0.3, 0.4) is 0 Å². The summed E-state index contributed by atoms with van der Waals surface area (Å²) in [6, 6.07) is 9.62. The van der Waals surface area contributed by atoms with Gasteiger partial charge >= 0.3 is 0 Å². The largest absolute Gasteiger partial charge is 0.493 e. The van der Waals surface area contributed by atoms with E-state index in [0.717, 1.165) is 36.5 Å². The number of hydrogen-bond acceptors (Lipinski definition) is 3. The summed E-state index contributed by atoms with van der Waals surface area (Å²) >= 11 is 0. The van der Waals surface area contributed by atoms with Crippen LogP contribution in [0.1, 0.15) is 36.3 Å². The molecule has 2 aromatic rings. The SMILES string of the molecule is CCCc1cc(=O)[nH]c(C2COc3ccccc3C2)n1. The molecule has 0 bridgehead atoms. The molecule has 0 saturated heterocycles. The van der Waals surface area contributed by atoms with Crippen molar-refractivity contribution in [1.82, 2.24) is 9.97 Å². The summed E-state index contributed by atoms with van der Waals surface area (Å²) in [7, 11) is 0. The molecule has 0 spiro atoms. The van der Waals surface area contributed by atoms with Crippen molar-refractivity contribution in [3.63, 3.8) is 0 Å². The third-order valence-electron chi connectivity index (χ3n) is 3.58. The van der Waals surface area contributed by atoms with Gasteiger partial charge in [0.2, 0.25) is 0 Å². The first-order valence-electron chi connectivity index (χ1n) is 7.07. The van der Waals surface area contributed by atoms with Gasteiger partial charge in [-0.05, 0) is 24.5 Å². The first-order chi connectivity index (χ1) is 9.76. The predicted octanol–water partition coefficient (Wildman–Crippen LogP) is 2.44. The molecule has 1 aliphatic heterocycles. The van der Waals surface area contributed by atoms with Gasteiger partial charge in [0.25, 0.3) is 5.56 Å². The average molecular weight is 270 g/mol. The van der Waals surface area contributed by atoms with Crippen molar-refractivity contribution < 1.29 is 4.74 Å². The van der Waals surface area contributed by atoms with Gasteiger partial charge in [0.15, 0.2) is 0 Å². The number of hydrogen-bond donors (Lipinski definition) is 1. The Hall–Kier alpha value is -2.10. The maximum Gasteiger partial charge on any atom is 0.251 e. The summed E-state index contributed by atoms with van der Waals surface area (Å²) in [5, 5.41) is 0. The molecule has 1 aromatic heterocycles. The van der Waals surface area contributed by atoms with Crippen molar-refractivity contribution in [2.24, 2.45) is 0 Å². The number of H-pyrrole nitrogens is 1. The number of ether oxygens (including phenoxy) is 1. The zero-order valence-electron chi connectivity index (χ0n) is 11.6. The summed E-state index contributed by atoms with van der Waals surface area (Å²) in [6.07, 6.45) is 2.68. The van der Waals surface area contributed by atoms with Crippen molar-refractivity contribution in [3.8, 4) is 5.75 Å². The van der Waals surface area contributed by atoms with E-state index in [2.05, 4.69) is 23.0 Å². The second-order valence-electron chi connectivity index (χ2n) is 5.19. The van der Waals surface area contributed by atoms with E-state index in [1.165, 1.54) is 5.56 Å². The first kappa shape index (κ1) is 12.9. The zero-order chi connectivity index (χ0) is 13.9. The smallest absolute Gasteiger partial charge is 0.251 e. The number of aromatic nitrogens is 2. The van der Waals surface area contributed by atoms with Crippen LogP contribution in [-0.2, 0) is 12.8 Å². The van der Waals surface area contributed by atoms with Crippen LogP contribution >= 0.6 is 0 Å². The summed E-state index contributed by atoms with van der Waals surface area (Å²) in [6.45, 7) is 2.65. The van der Waals surface area contributed by atoms with Gasteiger partial charge in [0.1, 0.15) is 11.6 Å². The highest BCUT2D eigenvalue weighted by Crippen LogP contribution is 2.30. The highest BCUT2D eigenvalue weighted by atomic mass is 16.5. The number of benzene rings is 1. The highest BCUT2D eigenvalue weighted by Gasteiger charge is 2.23. The first-order valence-corrected chi connectivity index (χ1v) is 7.07. The second-order valence-corrected chi connectivity index (χ2v) is 5.19. The lowest BCUT2D eigenvalue weighted by molar-refractivity contribution is 0.257. The van der Waals surface area contributed by atoms with Crippen LogP contribution in [0.2, 0.25) is 0 Å². The van der Waals surface area contributed by atoms with Gasteiger partial charge in [-0.1, -0.05) is 31.5 Å². The fourth-order valence-electron chi connectivity index (χ4n) is 2.61. The summed E-state index contributed by atoms with van der Waals surface area (Å²) in [5.41, 5.74) is 1.97. The standard InChI is InChI=1S/C16H18N2O2/c1-2-5-13-9-15(19)18-16(17-13)12-8-11-6-3-4-7-14(11)20-10-12/h3-4,6-7,9,12H,2,5,8,10H2,1H3,(H,17,18,19). The monoisotopic (exact) mass is 270 g/mol. The molecule has 0 amide bonds. The van der Waals surface area contributed by atoms with Gasteiger partial charge in [-0.2, -0.15) is 0 Å². The average Bonchev–Trinajstić information content (AvgIpc) is 2.46. The van der Waals surface area contributed by atoms with Crippen molar-refractivity contribution in [1.29, 1.82) is 0 Å². The molecule has 4 heteroatoms. The number of para-hydroxylation sites is 1. The molecule has 104 valence electrons. The zero-order valence-corrected chi connectivity index (χ0v) is 11.6. The summed E-state index contributed by atoms with van der Waals surface area (Å²) in [4.78, 5) is 19.2. The van der Waals surface area contributed by atoms with Gasteiger partial charge in [-0.15, -0.1) is 0 Å². The highest BCUT2D eigenvalue weighted by molar-refractivity contribution is 5.36. The Morgan fingerprint density at radius 1 is 1.40 bits per heavy atom. The molecule has 3 rings (SSSR count). The van der Waals surface area contributed by atoms with Gasteiger partial charge in [0, 0.05) is 11.8 Å². The number of rotatable bonds is 3. The van der Waals surface area contributed by atoms with Gasteiger partial charge in [-0.25, -0.2) is 4.98 Å². The van der Waals surface area contributed by atoms with Gasteiger partial charge in [-0.3, -0.25) is 4.79 Å². The van der Waals surface area contributed by atoms with Crippen LogP contribution in [-0.4, -0.2) is 16.6 Å². The molecule has 20 heavy (non-hydrogen) atoms. The molecule has 1 atom stereocenters. The Kier molecular flexibility index (Phi) is 3.54. The maximum absolute atomic E-state index is 11.7. The molecule has 0 fully saturated rings. The van der Waals surface area contributed by atoms with Gasteiger partial charge in [0.05, 0.1) is 12.5 Å². The second kappa shape index (κ2) is 5.49. The Morgan fingerprint density at radius 2 is 2.25 bits per heavy atom. The molecule has 0 saturated carbocycles. The van der Waals surface area contributed by atoms with E-state index in [1.54, 1.807) is 6.07 Å². The Balaban J connectivity index is 1.89. The van der Waals surface area contributed by atoms with Crippen LogP contribution in [0.15, 0.2) is 35.1 Å². The van der Waals surface area contributed by atoms with E-state index in [0.29, 0.717) is 6.61 Å².